The van der Waals surface area contributed by atoms with Gasteiger partial charge in [-0.1, -0.05) is 5.16 Å². The molecule has 12 nitrogen and oxygen atoms in total. The molecule has 3 heterocycles. The average Bonchev–Trinajstić information content (AvgIpc) is 3.26. The number of nitrogens with one attached hydrogen (secondary N) is 1. The SMILES string of the molecule is Cc1cc(Cn2c(=O)n(Cc3cnc(C)o3)c(=O)c3cc(S(=O)(=O)NC4(C#N)CC4)ccc32)on1. The summed E-state index contributed by atoms with van der Waals surface area (Å²) in [5.74, 6) is 1.05. The van der Waals surface area contributed by atoms with Gasteiger partial charge < -0.3 is 8.94 Å². The second kappa shape index (κ2) is 8.03. The predicted octanol–water partition coefficient (Wildman–Crippen LogP) is 1.19. The molecule has 0 amide bonds. The molecule has 1 aliphatic carbocycles. The summed E-state index contributed by atoms with van der Waals surface area (Å²) in [5, 5.41) is 13.1. The van der Waals surface area contributed by atoms with E-state index in [1.54, 1.807) is 19.9 Å². The van der Waals surface area contributed by atoms with E-state index in [4.69, 9.17) is 8.94 Å². The number of aryl methyl sites for hydroxylation is 2. The first-order valence-corrected chi connectivity index (χ1v) is 12.2. The van der Waals surface area contributed by atoms with Gasteiger partial charge in [0.1, 0.15) is 11.3 Å². The molecule has 1 fully saturated rings. The number of hydrogen-bond donors (Lipinski definition) is 1. The van der Waals surface area contributed by atoms with E-state index in [1.807, 2.05) is 6.07 Å². The first-order chi connectivity index (χ1) is 16.6. The van der Waals surface area contributed by atoms with Crippen molar-refractivity contribution < 1.29 is 17.4 Å². The van der Waals surface area contributed by atoms with Gasteiger partial charge in [-0.2, -0.15) is 9.98 Å². The molecule has 180 valence electrons. The van der Waals surface area contributed by atoms with Crippen LogP contribution in [0.2, 0.25) is 0 Å². The van der Waals surface area contributed by atoms with Crippen molar-refractivity contribution in [2.75, 3.05) is 0 Å². The number of nitrogens with zero attached hydrogens (tertiary/aromatic N) is 5. The molecule has 4 aromatic rings. The van der Waals surface area contributed by atoms with Gasteiger partial charge in [0.15, 0.2) is 11.7 Å². The van der Waals surface area contributed by atoms with E-state index in [1.165, 1.54) is 29.0 Å². The van der Waals surface area contributed by atoms with Crippen molar-refractivity contribution in [2.45, 2.75) is 50.2 Å². The lowest BCUT2D eigenvalue weighted by Gasteiger charge is -2.14. The maximum absolute atomic E-state index is 13.4. The molecule has 13 heteroatoms. The van der Waals surface area contributed by atoms with Gasteiger partial charge in [0, 0.05) is 13.0 Å². The molecule has 1 aromatic carbocycles. The van der Waals surface area contributed by atoms with Gasteiger partial charge in [-0.05, 0) is 38.0 Å². The van der Waals surface area contributed by atoms with E-state index in [0.29, 0.717) is 35.9 Å². The van der Waals surface area contributed by atoms with E-state index < -0.39 is 26.8 Å². The molecule has 1 aliphatic rings. The van der Waals surface area contributed by atoms with Gasteiger partial charge in [0.2, 0.25) is 10.0 Å². The topological polar surface area (TPSA) is 166 Å². The van der Waals surface area contributed by atoms with Crippen molar-refractivity contribution in [3.63, 3.8) is 0 Å². The van der Waals surface area contributed by atoms with Crippen molar-refractivity contribution in [3.05, 3.63) is 74.4 Å². The fraction of sp³-hybridized carbons (Fsp3) is 0.318. The van der Waals surface area contributed by atoms with E-state index in [-0.39, 0.29) is 28.9 Å². The van der Waals surface area contributed by atoms with Crippen LogP contribution in [0, 0.1) is 25.2 Å². The molecule has 5 rings (SSSR count). The van der Waals surface area contributed by atoms with E-state index in [9.17, 15) is 23.3 Å². The van der Waals surface area contributed by atoms with Crippen molar-refractivity contribution in [3.8, 4) is 6.07 Å². The molecule has 0 spiro atoms. The quantitative estimate of drug-likeness (QED) is 0.395. The molecule has 3 aromatic heterocycles. The van der Waals surface area contributed by atoms with E-state index in [0.717, 1.165) is 4.57 Å². The number of aromatic nitrogens is 4. The minimum atomic E-state index is -4.09. The minimum absolute atomic E-state index is 0.00162. The Morgan fingerprint density at radius 2 is 1.89 bits per heavy atom. The minimum Gasteiger partial charge on any atom is -0.444 e. The zero-order valence-corrected chi connectivity index (χ0v) is 19.6. The largest absolute Gasteiger partial charge is 0.444 e. The Kier molecular flexibility index (Phi) is 5.22. The molecule has 0 bridgehead atoms. The number of rotatable bonds is 7. The average molecular weight is 497 g/mol. The Labute approximate surface area is 198 Å². The number of fused-ring (bicyclic) bond motifs is 1. The normalized spacial score (nSPS) is 14.8. The number of sulfonamides is 1. The van der Waals surface area contributed by atoms with Crippen LogP contribution in [0.1, 0.15) is 35.9 Å². The summed E-state index contributed by atoms with van der Waals surface area (Å²) >= 11 is 0. The van der Waals surface area contributed by atoms with Gasteiger partial charge in [-0.15, -0.1) is 0 Å². The summed E-state index contributed by atoms with van der Waals surface area (Å²) in [6, 6.07) is 7.53. The molecule has 0 unspecified atom stereocenters. The Hall–Kier alpha value is -4.02. The monoisotopic (exact) mass is 496 g/mol. The molecule has 35 heavy (non-hydrogen) atoms. The highest BCUT2D eigenvalue weighted by molar-refractivity contribution is 7.89. The third-order valence-electron chi connectivity index (χ3n) is 5.77. The maximum atomic E-state index is 13.4. The van der Waals surface area contributed by atoms with Crippen molar-refractivity contribution in [1.29, 1.82) is 5.26 Å². The van der Waals surface area contributed by atoms with Crippen LogP contribution in [0.3, 0.4) is 0 Å². The fourth-order valence-electron chi connectivity index (χ4n) is 3.82. The van der Waals surface area contributed by atoms with Gasteiger partial charge in [-0.3, -0.25) is 13.9 Å². The third kappa shape index (κ3) is 4.17. The standard InChI is InChI=1S/C22H20N6O6S/c1-13-7-15(34-25-13)10-27-19-4-3-17(35(31,32)26-22(12-23)5-6-22)8-18(19)20(29)28(21(27)30)11-16-9-24-14(2)33-16/h3-4,7-9,26H,5-6,10-11H2,1-2H3. The van der Waals surface area contributed by atoms with Crippen LogP contribution in [0.4, 0.5) is 0 Å². The van der Waals surface area contributed by atoms with Crippen molar-refractivity contribution >= 4 is 20.9 Å². The number of nitriles is 1. The number of benzene rings is 1. The van der Waals surface area contributed by atoms with Crippen LogP contribution in [0.25, 0.3) is 10.9 Å². The molecule has 0 aliphatic heterocycles. The Morgan fingerprint density at radius 1 is 1.14 bits per heavy atom. The number of oxazole rings is 1. The summed E-state index contributed by atoms with van der Waals surface area (Å²) in [4.78, 5) is 30.6. The molecule has 1 saturated carbocycles. The molecule has 0 saturated heterocycles. The molecular formula is C22H20N6O6S. The zero-order valence-electron chi connectivity index (χ0n) is 18.8. The Bertz CT molecular complexity index is 1730. The second-order valence-corrected chi connectivity index (χ2v) is 10.2. The molecule has 0 radical (unpaired) electrons. The molecular weight excluding hydrogens is 476 g/mol. The van der Waals surface area contributed by atoms with E-state index >= 15 is 0 Å². The number of hydrogen-bond acceptors (Lipinski definition) is 9. The summed E-state index contributed by atoms with van der Waals surface area (Å²) in [6.07, 6.45) is 2.24. The zero-order chi connectivity index (χ0) is 25.0. The Morgan fingerprint density at radius 3 is 2.49 bits per heavy atom. The summed E-state index contributed by atoms with van der Waals surface area (Å²) in [5.41, 5.74) is -1.61. The van der Waals surface area contributed by atoms with Crippen LogP contribution >= 0.6 is 0 Å². The first-order valence-electron chi connectivity index (χ1n) is 10.7. The lowest BCUT2D eigenvalue weighted by Crippen LogP contribution is -2.40. The lowest BCUT2D eigenvalue weighted by molar-refractivity contribution is 0.370. The van der Waals surface area contributed by atoms with Crippen molar-refractivity contribution in [2.24, 2.45) is 0 Å². The van der Waals surface area contributed by atoms with Crippen LogP contribution in [-0.2, 0) is 23.1 Å². The van der Waals surface area contributed by atoms with Gasteiger partial charge >= 0.3 is 5.69 Å². The third-order valence-corrected chi connectivity index (χ3v) is 7.31. The van der Waals surface area contributed by atoms with E-state index in [2.05, 4.69) is 14.9 Å². The first kappa shape index (κ1) is 22.8. The highest BCUT2D eigenvalue weighted by Gasteiger charge is 2.46. The molecule has 0 atom stereocenters. The smallest absolute Gasteiger partial charge is 0.332 e. The van der Waals surface area contributed by atoms with Crippen LogP contribution in [-0.4, -0.2) is 33.2 Å². The predicted molar refractivity (Wildman–Crippen MR) is 121 cm³/mol. The second-order valence-electron chi connectivity index (χ2n) is 8.52. The lowest BCUT2D eigenvalue weighted by atomic mass is 10.2. The Balaban J connectivity index is 1.69. The molecule has 1 N–H and O–H groups in total. The summed E-state index contributed by atoms with van der Waals surface area (Å²) in [7, 11) is -4.09. The highest BCUT2D eigenvalue weighted by atomic mass is 32.2. The van der Waals surface area contributed by atoms with Crippen LogP contribution in [0.15, 0.2) is 53.9 Å². The van der Waals surface area contributed by atoms with Crippen LogP contribution < -0.4 is 16.0 Å². The highest BCUT2D eigenvalue weighted by Crippen LogP contribution is 2.36. The van der Waals surface area contributed by atoms with Gasteiger partial charge in [0.05, 0.1) is 46.8 Å². The maximum Gasteiger partial charge on any atom is 0.332 e. The summed E-state index contributed by atoms with van der Waals surface area (Å²) < 4.78 is 41.2. The summed E-state index contributed by atoms with van der Waals surface area (Å²) in [6.45, 7) is 3.14. The van der Waals surface area contributed by atoms with Crippen LogP contribution in [0.5, 0.6) is 0 Å². The fourth-order valence-corrected chi connectivity index (χ4v) is 5.22. The van der Waals surface area contributed by atoms with Gasteiger partial charge in [-0.25, -0.2) is 18.2 Å². The van der Waals surface area contributed by atoms with Gasteiger partial charge in [0.25, 0.3) is 5.56 Å². The van der Waals surface area contributed by atoms with Crippen molar-refractivity contribution in [1.82, 2.24) is 24.0 Å².